The molecule has 3 aromatic rings. The minimum Gasteiger partial charge on any atom is -0.339 e. The topological polar surface area (TPSA) is 41.6 Å². The monoisotopic (exact) mass is 209 g/mol. The number of aromatic nitrogens is 3. The highest BCUT2D eigenvalue weighted by Crippen LogP contribution is 2.38. The molecule has 0 spiro atoms. The van der Waals surface area contributed by atoms with Crippen molar-refractivity contribution in [3.63, 3.8) is 0 Å². The van der Waals surface area contributed by atoms with Crippen molar-refractivity contribution < 1.29 is 0 Å². The summed E-state index contributed by atoms with van der Waals surface area (Å²) in [6.45, 7) is 0. The molecule has 1 aromatic carbocycles. The van der Waals surface area contributed by atoms with Gasteiger partial charge in [0.05, 0.1) is 0 Å². The molecule has 1 aliphatic carbocycles. The Morgan fingerprint density at radius 1 is 1.12 bits per heavy atom. The van der Waals surface area contributed by atoms with E-state index >= 15 is 0 Å². The number of nitrogens with one attached hydrogen (secondary N) is 1. The van der Waals surface area contributed by atoms with Crippen LogP contribution in [0.25, 0.3) is 21.9 Å². The van der Waals surface area contributed by atoms with Gasteiger partial charge >= 0.3 is 0 Å². The Morgan fingerprint density at radius 3 is 2.88 bits per heavy atom. The van der Waals surface area contributed by atoms with E-state index in [4.69, 9.17) is 0 Å². The zero-order chi connectivity index (χ0) is 10.5. The molecule has 2 aromatic heterocycles. The maximum atomic E-state index is 4.61. The molecule has 3 heteroatoms. The third kappa shape index (κ3) is 1.08. The number of fused-ring (bicyclic) bond motifs is 3. The van der Waals surface area contributed by atoms with Gasteiger partial charge in [0.2, 0.25) is 0 Å². The van der Waals surface area contributed by atoms with E-state index in [1.165, 1.54) is 18.2 Å². The molecule has 2 heterocycles. The Kier molecular flexibility index (Phi) is 1.46. The van der Waals surface area contributed by atoms with Gasteiger partial charge in [-0.1, -0.05) is 18.2 Å². The van der Waals surface area contributed by atoms with Crippen LogP contribution in [-0.2, 0) is 0 Å². The second-order valence-corrected chi connectivity index (χ2v) is 4.44. The number of aromatic amines is 1. The van der Waals surface area contributed by atoms with Crippen LogP contribution in [0.1, 0.15) is 24.6 Å². The Labute approximate surface area is 92.5 Å². The molecule has 78 valence electrons. The molecule has 1 aliphatic rings. The summed E-state index contributed by atoms with van der Waals surface area (Å²) >= 11 is 0. The predicted octanol–water partition coefficient (Wildman–Crippen LogP) is 2.99. The highest BCUT2D eigenvalue weighted by Gasteiger charge is 2.26. The highest BCUT2D eigenvalue weighted by atomic mass is 15.0. The van der Waals surface area contributed by atoms with Gasteiger partial charge in [0.15, 0.2) is 0 Å². The van der Waals surface area contributed by atoms with Crippen LogP contribution in [0.15, 0.2) is 30.5 Å². The number of para-hydroxylation sites is 1. The quantitative estimate of drug-likeness (QED) is 0.669. The minimum atomic E-state index is 0.607. The molecule has 1 N–H and O–H groups in total. The van der Waals surface area contributed by atoms with E-state index in [0.29, 0.717) is 5.92 Å². The fraction of sp³-hybridized carbons (Fsp3) is 0.231. The van der Waals surface area contributed by atoms with Crippen LogP contribution in [-0.4, -0.2) is 15.0 Å². The number of benzene rings is 1. The van der Waals surface area contributed by atoms with Crippen molar-refractivity contribution in [1.29, 1.82) is 0 Å². The number of hydrogen-bond donors (Lipinski definition) is 1. The average Bonchev–Trinajstić information content (AvgIpc) is 3.10. The lowest BCUT2D eigenvalue weighted by atomic mass is 10.2. The molecule has 0 saturated heterocycles. The first-order valence-corrected chi connectivity index (χ1v) is 5.65. The van der Waals surface area contributed by atoms with Crippen LogP contribution in [0.2, 0.25) is 0 Å². The molecule has 3 nitrogen and oxygen atoms in total. The van der Waals surface area contributed by atoms with Crippen LogP contribution in [0.3, 0.4) is 0 Å². The Bertz CT molecular complexity index is 680. The van der Waals surface area contributed by atoms with Gasteiger partial charge < -0.3 is 4.98 Å². The first-order valence-electron chi connectivity index (χ1n) is 5.65. The van der Waals surface area contributed by atoms with E-state index < -0.39 is 0 Å². The van der Waals surface area contributed by atoms with Crippen LogP contribution in [0.5, 0.6) is 0 Å². The average molecular weight is 209 g/mol. The smallest absolute Gasteiger partial charge is 0.142 e. The molecule has 0 radical (unpaired) electrons. The number of hydrogen-bond acceptors (Lipinski definition) is 2. The van der Waals surface area contributed by atoms with Gasteiger partial charge in [0.1, 0.15) is 11.5 Å². The summed E-state index contributed by atoms with van der Waals surface area (Å²) in [5.74, 6) is 1.61. The van der Waals surface area contributed by atoms with Gasteiger partial charge in [-0.2, -0.15) is 0 Å². The Morgan fingerprint density at radius 2 is 2.00 bits per heavy atom. The molecular weight excluding hydrogens is 198 g/mol. The number of nitrogens with zero attached hydrogens (tertiary/aromatic N) is 2. The van der Waals surface area contributed by atoms with E-state index in [2.05, 4.69) is 27.1 Å². The largest absolute Gasteiger partial charge is 0.339 e. The summed E-state index contributed by atoms with van der Waals surface area (Å²) in [6.07, 6.45) is 4.44. The Hall–Kier alpha value is -1.90. The summed E-state index contributed by atoms with van der Waals surface area (Å²) in [7, 11) is 0. The van der Waals surface area contributed by atoms with Crippen LogP contribution in [0, 0.1) is 0 Å². The summed E-state index contributed by atoms with van der Waals surface area (Å²) in [5.41, 5.74) is 2.11. The minimum absolute atomic E-state index is 0.607. The summed E-state index contributed by atoms with van der Waals surface area (Å²) in [6, 6.07) is 8.26. The molecule has 1 fully saturated rings. The second-order valence-electron chi connectivity index (χ2n) is 4.44. The molecule has 0 amide bonds. The number of H-pyrrole nitrogens is 1. The summed E-state index contributed by atoms with van der Waals surface area (Å²) in [5, 5.41) is 2.33. The van der Waals surface area contributed by atoms with Crippen molar-refractivity contribution in [2.75, 3.05) is 0 Å². The van der Waals surface area contributed by atoms with Gasteiger partial charge in [-0.05, 0) is 18.9 Å². The van der Waals surface area contributed by atoms with Crippen molar-refractivity contribution in [2.24, 2.45) is 0 Å². The standard InChI is InChI=1S/C13H11N3/c1-2-4-11-9(3-1)10-7-14-12(8-5-6-8)16-13(10)15-11/h1-4,7-8H,5-6H2,(H,14,15,16). The lowest BCUT2D eigenvalue weighted by Gasteiger charge is -1.95. The van der Waals surface area contributed by atoms with E-state index in [9.17, 15) is 0 Å². The predicted molar refractivity (Wildman–Crippen MR) is 63.4 cm³/mol. The lowest BCUT2D eigenvalue weighted by molar-refractivity contribution is 0.944. The van der Waals surface area contributed by atoms with E-state index in [1.54, 1.807) is 0 Å². The molecule has 4 rings (SSSR count). The van der Waals surface area contributed by atoms with E-state index in [1.807, 2.05) is 18.3 Å². The highest BCUT2D eigenvalue weighted by molar-refractivity contribution is 6.05. The first-order chi connectivity index (χ1) is 7.92. The molecule has 0 aliphatic heterocycles. The maximum Gasteiger partial charge on any atom is 0.142 e. The van der Waals surface area contributed by atoms with Crippen LogP contribution >= 0.6 is 0 Å². The first kappa shape index (κ1) is 8.28. The van der Waals surface area contributed by atoms with Crippen molar-refractivity contribution >= 4 is 21.9 Å². The third-order valence-corrected chi connectivity index (χ3v) is 3.22. The van der Waals surface area contributed by atoms with Crippen molar-refractivity contribution in [3.05, 3.63) is 36.3 Å². The van der Waals surface area contributed by atoms with Gasteiger partial charge in [0.25, 0.3) is 0 Å². The molecule has 0 bridgehead atoms. The molecule has 1 saturated carbocycles. The lowest BCUT2D eigenvalue weighted by Crippen LogP contribution is -1.91. The fourth-order valence-corrected chi connectivity index (χ4v) is 2.18. The molecule has 16 heavy (non-hydrogen) atoms. The SMILES string of the molecule is c1ccc2c(c1)[nH]c1nc(C3CC3)ncc12. The molecule has 0 unspecified atom stereocenters. The van der Waals surface area contributed by atoms with Crippen molar-refractivity contribution in [1.82, 2.24) is 15.0 Å². The van der Waals surface area contributed by atoms with Gasteiger partial charge in [-0.15, -0.1) is 0 Å². The summed E-state index contributed by atoms with van der Waals surface area (Å²) in [4.78, 5) is 12.4. The zero-order valence-corrected chi connectivity index (χ0v) is 8.77. The van der Waals surface area contributed by atoms with Crippen molar-refractivity contribution in [2.45, 2.75) is 18.8 Å². The van der Waals surface area contributed by atoms with Gasteiger partial charge in [-0.3, -0.25) is 0 Å². The maximum absolute atomic E-state index is 4.61. The molecule has 0 atom stereocenters. The van der Waals surface area contributed by atoms with E-state index in [0.717, 1.165) is 22.4 Å². The van der Waals surface area contributed by atoms with E-state index in [-0.39, 0.29) is 0 Å². The second kappa shape index (κ2) is 2.82. The van der Waals surface area contributed by atoms with Crippen molar-refractivity contribution in [3.8, 4) is 0 Å². The molecular formula is C13H11N3. The number of rotatable bonds is 1. The summed E-state index contributed by atoms with van der Waals surface area (Å²) < 4.78 is 0. The van der Waals surface area contributed by atoms with Gasteiger partial charge in [-0.25, -0.2) is 9.97 Å². The fourth-order valence-electron chi connectivity index (χ4n) is 2.18. The van der Waals surface area contributed by atoms with Crippen LogP contribution in [0.4, 0.5) is 0 Å². The Balaban J connectivity index is 2.07. The normalized spacial score (nSPS) is 16.0. The van der Waals surface area contributed by atoms with Crippen LogP contribution < -0.4 is 0 Å². The zero-order valence-electron chi connectivity index (χ0n) is 8.77. The third-order valence-electron chi connectivity index (χ3n) is 3.22. The van der Waals surface area contributed by atoms with Gasteiger partial charge in [0, 0.05) is 28.4 Å².